The van der Waals surface area contributed by atoms with Crippen molar-refractivity contribution < 1.29 is 4.74 Å². The molecule has 1 aliphatic carbocycles. The number of nitrogens with one attached hydrogen (secondary N) is 1. The highest BCUT2D eigenvalue weighted by Crippen LogP contribution is 2.20. The third kappa shape index (κ3) is 2.47. The summed E-state index contributed by atoms with van der Waals surface area (Å²) in [5.41, 5.74) is 5.96. The summed E-state index contributed by atoms with van der Waals surface area (Å²) in [5.74, 6) is 0. The summed E-state index contributed by atoms with van der Waals surface area (Å²) >= 11 is 0. The van der Waals surface area contributed by atoms with Crippen LogP contribution in [-0.4, -0.2) is 30.8 Å². The van der Waals surface area contributed by atoms with Gasteiger partial charge in [0.15, 0.2) is 0 Å². The van der Waals surface area contributed by atoms with Gasteiger partial charge in [0.05, 0.1) is 6.10 Å². The van der Waals surface area contributed by atoms with Crippen molar-refractivity contribution in [3.8, 4) is 0 Å². The Balaban J connectivity index is 1.78. The summed E-state index contributed by atoms with van der Waals surface area (Å²) in [4.78, 5) is 0. The highest BCUT2D eigenvalue weighted by atomic mass is 16.5. The molecule has 2 aliphatic rings. The molecule has 3 heteroatoms. The normalized spacial score (nSPS) is 44.1. The zero-order chi connectivity index (χ0) is 9.97. The third-order valence-corrected chi connectivity index (χ3v) is 3.54. The highest BCUT2D eigenvalue weighted by Gasteiger charge is 2.28. The lowest BCUT2D eigenvalue weighted by Gasteiger charge is -2.30. The van der Waals surface area contributed by atoms with Gasteiger partial charge in [-0.25, -0.2) is 0 Å². The van der Waals surface area contributed by atoms with Crippen molar-refractivity contribution in [2.45, 2.75) is 63.3 Å². The van der Waals surface area contributed by atoms with Crippen molar-refractivity contribution in [1.82, 2.24) is 5.32 Å². The fourth-order valence-electron chi connectivity index (χ4n) is 2.63. The Morgan fingerprint density at radius 1 is 1.29 bits per heavy atom. The molecule has 1 saturated heterocycles. The van der Waals surface area contributed by atoms with Gasteiger partial charge in [-0.1, -0.05) is 6.42 Å². The summed E-state index contributed by atoms with van der Waals surface area (Å²) in [6.45, 7) is 3.07. The van der Waals surface area contributed by atoms with Crippen LogP contribution in [0.1, 0.15) is 39.0 Å². The standard InChI is InChI=1S/C11H22N2O/c1-8-11(5-6-14-8)13-10-4-2-3-9(12)7-10/h8-11,13H,2-7,12H2,1H3. The smallest absolute Gasteiger partial charge is 0.0700 e. The number of ether oxygens (including phenoxy) is 1. The molecule has 82 valence electrons. The van der Waals surface area contributed by atoms with Crippen LogP contribution in [0.4, 0.5) is 0 Å². The Hall–Kier alpha value is -0.120. The molecule has 14 heavy (non-hydrogen) atoms. The quantitative estimate of drug-likeness (QED) is 0.696. The second kappa shape index (κ2) is 4.60. The van der Waals surface area contributed by atoms with E-state index in [9.17, 15) is 0 Å². The summed E-state index contributed by atoms with van der Waals surface area (Å²) < 4.78 is 5.54. The molecule has 0 bridgehead atoms. The molecule has 0 radical (unpaired) electrons. The molecule has 0 aromatic heterocycles. The minimum atomic E-state index is 0.383. The first-order valence-corrected chi connectivity index (χ1v) is 5.89. The monoisotopic (exact) mass is 198 g/mol. The van der Waals surface area contributed by atoms with Crippen molar-refractivity contribution in [3.63, 3.8) is 0 Å². The second-order valence-corrected chi connectivity index (χ2v) is 4.76. The van der Waals surface area contributed by atoms with E-state index in [-0.39, 0.29) is 0 Å². The van der Waals surface area contributed by atoms with Crippen LogP contribution in [0, 0.1) is 0 Å². The molecule has 0 amide bonds. The summed E-state index contributed by atoms with van der Waals surface area (Å²) in [7, 11) is 0. The maximum atomic E-state index is 5.96. The Bertz CT molecular complexity index is 186. The molecule has 0 spiro atoms. The number of hydrogen-bond acceptors (Lipinski definition) is 3. The summed E-state index contributed by atoms with van der Waals surface area (Å²) in [6.07, 6.45) is 6.45. The van der Waals surface area contributed by atoms with E-state index in [0.29, 0.717) is 24.2 Å². The van der Waals surface area contributed by atoms with Gasteiger partial charge in [0.2, 0.25) is 0 Å². The lowest BCUT2D eigenvalue weighted by atomic mass is 9.91. The lowest BCUT2D eigenvalue weighted by molar-refractivity contribution is 0.109. The summed E-state index contributed by atoms with van der Waals surface area (Å²) in [5, 5.41) is 3.69. The van der Waals surface area contributed by atoms with Gasteiger partial charge in [0.1, 0.15) is 0 Å². The molecule has 4 atom stereocenters. The van der Waals surface area contributed by atoms with E-state index >= 15 is 0 Å². The zero-order valence-corrected chi connectivity index (χ0v) is 9.04. The average Bonchev–Trinajstić information content (AvgIpc) is 2.52. The van der Waals surface area contributed by atoms with Crippen molar-refractivity contribution in [1.29, 1.82) is 0 Å². The van der Waals surface area contributed by atoms with Gasteiger partial charge in [-0.2, -0.15) is 0 Å². The lowest BCUT2D eigenvalue weighted by Crippen LogP contribution is -2.46. The van der Waals surface area contributed by atoms with Gasteiger partial charge >= 0.3 is 0 Å². The van der Waals surface area contributed by atoms with Gasteiger partial charge in [-0.15, -0.1) is 0 Å². The molecule has 3 N–H and O–H groups in total. The summed E-state index contributed by atoms with van der Waals surface area (Å²) in [6, 6.07) is 1.61. The first-order chi connectivity index (χ1) is 6.75. The Kier molecular flexibility index (Phi) is 3.42. The molecule has 2 fully saturated rings. The molecular formula is C11H22N2O. The van der Waals surface area contributed by atoms with Crippen LogP contribution in [0.3, 0.4) is 0 Å². The van der Waals surface area contributed by atoms with Gasteiger partial charge in [-0.05, 0) is 32.6 Å². The van der Waals surface area contributed by atoms with Crippen LogP contribution in [0.15, 0.2) is 0 Å². The van der Waals surface area contributed by atoms with Gasteiger partial charge in [-0.3, -0.25) is 0 Å². The fraction of sp³-hybridized carbons (Fsp3) is 1.00. The minimum Gasteiger partial charge on any atom is -0.377 e. The molecule has 1 saturated carbocycles. The van der Waals surface area contributed by atoms with E-state index < -0.39 is 0 Å². The molecule has 3 nitrogen and oxygen atoms in total. The number of nitrogens with two attached hydrogens (primary N) is 1. The van der Waals surface area contributed by atoms with E-state index in [1.807, 2.05) is 0 Å². The Labute approximate surface area is 86.4 Å². The topological polar surface area (TPSA) is 47.3 Å². The molecule has 0 aromatic carbocycles. The van der Waals surface area contributed by atoms with Crippen LogP contribution in [-0.2, 0) is 4.74 Å². The van der Waals surface area contributed by atoms with E-state index in [1.165, 1.54) is 19.3 Å². The zero-order valence-electron chi connectivity index (χ0n) is 9.04. The maximum absolute atomic E-state index is 5.96. The van der Waals surface area contributed by atoms with Crippen molar-refractivity contribution >= 4 is 0 Å². The average molecular weight is 198 g/mol. The van der Waals surface area contributed by atoms with E-state index in [2.05, 4.69) is 12.2 Å². The molecule has 4 unspecified atom stereocenters. The Morgan fingerprint density at radius 3 is 2.79 bits per heavy atom. The van der Waals surface area contributed by atoms with Crippen molar-refractivity contribution in [2.24, 2.45) is 5.73 Å². The number of hydrogen-bond donors (Lipinski definition) is 2. The molecule has 2 rings (SSSR count). The first kappa shape index (κ1) is 10.4. The van der Waals surface area contributed by atoms with E-state index in [4.69, 9.17) is 10.5 Å². The third-order valence-electron chi connectivity index (χ3n) is 3.54. The van der Waals surface area contributed by atoms with Crippen LogP contribution in [0.5, 0.6) is 0 Å². The molecule has 0 aromatic rings. The molecule has 1 heterocycles. The van der Waals surface area contributed by atoms with Crippen LogP contribution in [0.2, 0.25) is 0 Å². The highest BCUT2D eigenvalue weighted by molar-refractivity contribution is 4.86. The van der Waals surface area contributed by atoms with E-state index in [1.54, 1.807) is 0 Å². The van der Waals surface area contributed by atoms with Gasteiger partial charge < -0.3 is 15.8 Å². The van der Waals surface area contributed by atoms with Gasteiger partial charge in [0, 0.05) is 24.7 Å². The van der Waals surface area contributed by atoms with Crippen LogP contribution < -0.4 is 11.1 Å². The van der Waals surface area contributed by atoms with Crippen molar-refractivity contribution in [3.05, 3.63) is 0 Å². The fourth-order valence-corrected chi connectivity index (χ4v) is 2.63. The Morgan fingerprint density at radius 2 is 2.14 bits per heavy atom. The SMILES string of the molecule is CC1OCCC1NC1CCCC(N)C1. The number of rotatable bonds is 2. The predicted octanol–water partition coefficient (Wildman–Crippen LogP) is 1.02. The van der Waals surface area contributed by atoms with Crippen molar-refractivity contribution in [2.75, 3.05) is 6.61 Å². The van der Waals surface area contributed by atoms with Crippen LogP contribution in [0.25, 0.3) is 0 Å². The molecular weight excluding hydrogens is 176 g/mol. The van der Waals surface area contributed by atoms with Crippen LogP contribution >= 0.6 is 0 Å². The van der Waals surface area contributed by atoms with E-state index in [0.717, 1.165) is 19.4 Å². The largest absolute Gasteiger partial charge is 0.377 e. The van der Waals surface area contributed by atoms with Gasteiger partial charge in [0.25, 0.3) is 0 Å². The maximum Gasteiger partial charge on any atom is 0.0700 e. The second-order valence-electron chi connectivity index (χ2n) is 4.76. The minimum absolute atomic E-state index is 0.383. The first-order valence-electron chi connectivity index (χ1n) is 5.89. The predicted molar refractivity (Wildman–Crippen MR) is 57.2 cm³/mol. The molecule has 1 aliphatic heterocycles.